The average Bonchev–Trinajstić information content (AvgIpc) is 1.52. The highest BCUT2D eigenvalue weighted by molar-refractivity contribution is 7.90. The van der Waals surface area contributed by atoms with Crippen molar-refractivity contribution >= 4 is 27.4 Å². The summed E-state index contributed by atoms with van der Waals surface area (Å²) in [6, 6.07) is 0. The second-order valence-electron chi connectivity index (χ2n) is 1.55. The zero-order chi connectivity index (χ0) is 10.2. The van der Waals surface area contributed by atoms with Crippen LogP contribution in [0.15, 0.2) is 0 Å². The van der Waals surface area contributed by atoms with Crippen LogP contribution in [0.2, 0.25) is 0 Å². The predicted octanol–water partition coefficient (Wildman–Crippen LogP) is -0.238. The van der Waals surface area contributed by atoms with Crippen LogP contribution in [-0.2, 0) is 10.0 Å². The lowest BCUT2D eigenvalue weighted by atomic mass is 11.3. The molecular formula is C2H4AlF6NO2S. The monoisotopic (exact) mass is 247 g/mol. The van der Waals surface area contributed by atoms with Gasteiger partial charge in [-0.15, -0.1) is 4.72 Å². The molecule has 13 heavy (non-hydrogen) atoms. The average molecular weight is 247 g/mol. The minimum Gasteiger partial charge on any atom is -0.203 e. The molecule has 0 atom stereocenters. The van der Waals surface area contributed by atoms with Gasteiger partial charge < -0.3 is 0 Å². The van der Waals surface area contributed by atoms with Crippen molar-refractivity contribution in [3.63, 3.8) is 0 Å². The normalized spacial score (nSPS) is 13.7. The van der Waals surface area contributed by atoms with Crippen LogP contribution in [0.1, 0.15) is 0 Å². The van der Waals surface area contributed by atoms with E-state index in [0.29, 0.717) is 0 Å². The van der Waals surface area contributed by atoms with Crippen molar-refractivity contribution in [3.8, 4) is 0 Å². The Labute approximate surface area is 79.3 Å². The van der Waals surface area contributed by atoms with Crippen molar-refractivity contribution in [1.29, 1.82) is 0 Å². The first-order valence-electron chi connectivity index (χ1n) is 2.13. The van der Waals surface area contributed by atoms with Gasteiger partial charge in [0.25, 0.3) is 0 Å². The quantitative estimate of drug-likeness (QED) is 0.395. The predicted molar refractivity (Wildman–Crippen MR) is 34.1 cm³/mol. The van der Waals surface area contributed by atoms with Gasteiger partial charge in [-0.25, -0.2) is 8.42 Å². The third kappa shape index (κ3) is 5.35. The Hall–Kier alpha value is 0.0225. The van der Waals surface area contributed by atoms with Crippen molar-refractivity contribution in [3.05, 3.63) is 0 Å². The standard InChI is InChI=1S/C2HF6NO2S.Al.3H/c3-1(4,5)9-12(10,11)2(6,7)8;;;;/h9H;;;;. The molecule has 0 saturated carbocycles. The number of rotatable bonds is 1. The van der Waals surface area contributed by atoms with E-state index < -0.39 is 26.6 Å². The first-order valence-corrected chi connectivity index (χ1v) is 3.61. The number of alkyl halides is 6. The fourth-order valence-electron chi connectivity index (χ4n) is 0.210. The zero-order valence-electron chi connectivity index (χ0n) is 4.99. The van der Waals surface area contributed by atoms with E-state index in [9.17, 15) is 34.8 Å². The van der Waals surface area contributed by atoms with E-state index in [0.717, 1.165) is 0 Å². The number of nitrogens with one attached hydrogen (secondary N) is 1. The number of halogens is 6. The largest absolute Gasteiger partial charge is 0.511 e. The summed E-state index contributed by atoms with van der Waals surface area (Å²) in [6.45, 7) is 0. The Morgan fingerprint density at radius 2 is 1.23 bits per heavy atom. The van der Waals surface area contributed by atoms with Gasteiger partial charge in [0.05, 0.1) is 0 Å². The summed E-state index contributed by atoms with van der Waals surface area (Å²) >= 11 is 0. The molecule has 0 aromatic carbocycles. The van der Waals surface area contributed by atoms with Crippen LogP contribution >= 0.6 is 0 Å². The second kappa shape index (κ2) is 4.04. The summed E-state index contributed by atoms with van der Waals surface area (Å²) in [7, 11) is -6.33. The topological polar surface area (TPSA) is 46.2 Å². The number of hydrogen-bond donors (Lipinski definition) is 1. The molecule has 11 heteroatoms. The lowest BCUT2D eigenvalue weighted by Gasteiger charge is -2.10. The van der Waals surface area contributed by atoms with Crippen molar-refractivity contribution in [1.82, 2.24) is 4.72 Å². The van der Waals surface area contributed by atoms with Crippen molar-refractivity contribution < 1.29 is 34.8 Å². The highest BCUT2D eigenvalue weighted by atomic mass is 32.2. The summed E-state index contributed by atoms with van der Waals surface area (Å²) in [5.41, 5.74) is -5.96. The van der Waals surface area contributed by atoms with Gasteiger partial charge in [0.1, 0.15) is 0 Å². The van der Waals surface area contributed by atoms with Crippen molar-refractivity contribution in [2.45, 2.75) is 11.8 Å². The van der Waals surface area contributed by atoms with Gasteiger partial charge in [0.2, 0.25) is 0 Å². The van der Waals surface area contributed by atoms with Crippen molar-refractivity contribution in [2.24, 2.45) is 0 Å². The summed E-state index contributed by atoms with van der Waals surface area (Å²) < 4.78 is 85.8. The Balaban J connectivity index is 0. The Kier molecular flexibility index (Phi) is 4.81. The molecule has 1 N–H and O–H groups in total. The van der Waals surface area contributed by atoms with E-state index >= 15 is 0 Å². The molecule has 0 heterocycles. The van der Waals surface area contributed by atoms with Gasteiger partial charge in [-0.2, -0.15) is 26.3 Å². The lowest BCUT2D eigenvalue weighted by molar-refractivity contribution is -0.143. The Morgan fingerprint density at radius 1 is 0.923 bits per heavy atom. The molecule has 0 rings (SSSR count). The van der Waals surface area contributed by atoms with E-state index in [1.54, 1.807) is 0 Å². The van der Waals surface area contributed by atoms with Gasteiger partial charge in [0, 0.05) is 0 Å². The maximum Gasteiger partial charge on any atom is 0.511 e. The van der Waals surface area contributed by atoms with Crippen molar-refractivity contribution in [2.75, 3.05) is 0 Å². The fraction of sp³-hybridized carbons (Fsp3) is 1.00. The van der Waals surface area contributed by atoms with E-state index in [1.165, 1.54) is 0 Å². The summed E-state index contributed by atoms with van der Waals surface area (Å²) in [5, 5.41) is 0. The van der Waals surface area contributed by atoms with Gasteiger partial charge in [0.15, 0.2) is 17.4 Å². The maximum atomic E-state index is 11.2. The summed E-state index contributed by atoms with van der Waals surface area (Å²) in [4.78, 5) is 0. The van der Waals surface area contributed by atoms with Crippen LogP contribution in [0.3, 0.4) is 0 Å². The molecule has 0 fully saturated rings. The molecular weight excluding hydrogens is 243 g/mol. The highest BCUT2D eigenvalue weighted by Gasteiger charge is 2.51. The van der Waals surface area contributed by atoms with Gasteiger partial charge in [-0.3, -0.25) is 0 Å². The molecule has 0 aliphatic carbocycles. The third-order valence-corrected chi connectivity index (χ3v) is 1.66. The molecule has 0 saturated heterocycles. The molecule has 0 amide bonds. The Bertz CT molecular complexity index is 253. The molecule has 0 aromatic heterocycles. The fourth-order valence-corrected chi connectivity index (χ4v) is 0.631. The van der Waals surface area contributed by atoms with Crippen LogP contribution in [0.4, 0.5) is 26.3 Å². The van der Waals surface area contributed by atoms with E-state index in [4.69, 9.17) is 0 Å². The molecule has 3 nitrogen and oxygen atoms in total. The van der Waals surface area contributed by atoms with E-state index in [1.807, 2.05) is 0 Å². The zero-order valence-corrected chi connectivity index (χ0v) is 5.81. The minimum atomic E-state index is -6.33. The van der Waals surface area contributed by atoms with Crippen LogP contribution in [-0.4, -0.2) is 37.6 Å². The van der Waals surface area contributed by atoms with Crippen LogP contribution in [0.5, 0.6) is 0 Å². The first kappa shape index (κ1) is 15.5. The molecule has 0 aliphatic rings. The van der Waals surface area contributed by atoms with Crippen LogP contribution in [0.25, 0.3) is 0 Å². The number of sulfonamides is 1. The van der Waals surface area contributed by atoms with Crippen LogP contribution < -0.4 is 4.72 Å². The summed E-state index contributed by atoms with van der Waals surface area (Å²) in [5.74, 6) is 0. The molecule has 0 unspecified atom stereocenters. The molecule has 0 spiro atoms. The molecule has 0 aromatic rings. The minimum absolute atomic E-state index is 0. The molecule has 0 bridgehead atoms. The molecule has 80 valence electrons. The van der Waals surface area contributed by atoms with Gasteiger partial charge in [-0.05, 0) is 0 Å². The van der Waals surface area contributed by atoms with Gasteiger partial charge >= 0.3 is 21.8 Å². The van der Waals surface area contributed by atoms with Gasteiger partial charge in [-0.1, -0.05) is 0 Å². The lowest BCUT2D eigenvalue weighted by Crippen LogP contribution is -2.44. The van der Waals surface area contributed by atoms with Crippen LogP contribution in [0, 0.1) is 0 Å². The van der Waals surface area contributed by atoms with E-state index in [-0.39, 0.29) is 17.4 Å². The second-order valence-corrected chi connectivity index (χ2v) is 3.22. The van der Waals surface area contributed by atoms with E-state index in [2.05, 4.69) is 0 Å². The first-order chi connectivity index (χ1) is 4.96. The molecule has 0 aliphatic heterocycles. The number of hydrogen-bond acceptors (Lipinski definition) is 2. The summed E-state index contributed by atoms with van der Waals surface area (Å²) in [6.07, 6.45) is -5.62. The third-order valence-electron chi connectivity index (χ3n) is 0.555. The molecule has 0 radical (unpaired) electrons. The highest BCUT2D eigenvalue weighted by Crippen LogP contribution is 2.25. The Morgan fingerprint density at radius 3 is 1.31 bits per heavy atom. The maximum absolute atomic E-state index is 11.2. The SMILES string of the molecule is O=S(=O)(NC(F)(F)F)C(F)(F)F.[AlH3]. The smallest absolute Gasteiger partial charge is 0.203 e.